The zero-order valence-corrected chi connectivity index (χ0v) is 8.14. The van der Waals surface area contributed by atoms with Crippen molar-refractivity contribution in [3.63, 3.8) is 0 Å². The first-order valence-electron chi connectivity index (χ1n) is 4.88. The van der Waals surface area contributed by atoms with Crippen molar-refractivity contribution >= 4 is 17.8 Å². The highest BCUT2D eigenvalue weighted by atomic mass is 14.8. The van der Waals surface area contributed by atoms with E-state index in [0.717, 1.165) is 12.8 Å². The van der Waals surface area contributed by atoms with E-state index in [4.69, 9.17) is 10.8 Å². The molecule has 0 unspecified atom stereocenters. The van der Waals surface area contributed by atoms with Gasteiger partial charge in [0.1, 0.15) is 5.84 Å². The fraction of sp³-hybridized carbons (Fsp3) is 0.700. The summed E-state index contributed by atoms with van der Waals surface area (Å²) >= 11 is 0. The SMILES string of the molecule is CC(=N)C=NC(=N)C1CCCCC1. The van der Waals surface area contributed by atoms with E-state index in [1.165, 1.54) is 25.5 Å². The van der Waals surface area contributed by atoms with Crippen LogP contribution in [0, 0.1) is 16.7 Å². The Morgan fingerprint density at radius 1 is 1.23 bits per heavy atom. The Labute approximate surface area is 79.3 Å². The van der Waals surface area contributed by atoms with Crippen molar-refractivity contribution in [3.8, 4) is 0 Å². The molecule has 0 amide bonds. The van der Waals surface area contributed by atoms with Crippen LogP contribution in [-0.4, -0.2) is 17.8 Å². The van der Waals surface area contributed by atoms with Crippen LogP contribution >= 0.6 is 0 Å². The Morgan fingerprint density at radius 3 is 2.38 bits per heavy atom. The molecule has 1 saturated carbocycles. The largest absolute Gasteiger partial charge is 0.304 e. The summed E-state index contributed by atoms with van der Waals surface area (Å²) in [4.78, 5) is 3.98. The predicted molar refractivity (Wildman–Crippen MR) is 56.2 cm³/mol. The van der Waals surface area contributed by atoms with Crippen LogP contribution in [0.3, 0.4) is 0 Å². The van der Waals surface area contributed by atoms with Gasteiger partial charge in [-0.3, -0.25) is 5.41 Å². The molecule has 1 aliphatic rings. The first-order chi connectivity index (χ1) is 6.20. The first-order valence-corrected chi connectivity index (χ1v) is 4.88. The molecule has 0 heterocycles. The summed E-state index contributed by atoms with van der Waals surface area (Å²) in [6.07, 6.45) is 7.44. The molecule has 0 aromatic rings. The summed E-state index contributed by atoms with van der Waals surface area (Å²) in [5.41, 5.74) is 0.417. The highest BCUT2D eigenvalue weighted by molar-refractivity contribution is 6.29. The van der Waals surface area contributed by atoms with E-state index in [1.54, 1.807) is 6.92 Å². The van der Waals surface area contributed by atoms with E-state index in [9.17, 15) is 0 Å². The van der Waals surface area contributed by atoms with Crippen molar-refractivity contribution < 1.29 is 0 Å². The molecule has 0 radical (unpaired) electrons. The standard InChI is InChI=1S/C10H17N3/c1-8(11)7-13-10(12)9-5-3-2-4-6-9/h7,9,11-12H,2-6H2,1H3. The second kappa shape index (κ2) is 4.90. The molecule has 0 aromatic carbocycles. The molecule has 3 nitrogen and oxygen atoms in total. The first kappa shape index (κ1) is 10.1. The third kappa shape index (κ3) is 3.49. The summed E-state index contributed by atoms with van der Waals surface area (Å²) < 4.78 is 0. The van der Waals surface area contributed by atoms with Crippen molar-refractivity contribution in [2.24, 2.45) is 10.9 Å². The number of amidine groups is 1. The van der Waals surface area contributed by atoms with Crippen LogP contribution in [0.5, 0.6) is 0 Å². The lowest BCUT2D eigenvalue weighted by molar-refractivity contribution is 0.436. The number of rotatable bonds is 2. The average molecular weight is 179 g/mol. The number of nitrogens with one attached hydrogen (secondary N) is 2. The molecule has 1 aliphatic carbocycles. The molecule has 0 saturated heterocycles. The summed E-state index contributed by atoms with van der Waals surface area (Å²) in [5, 5.41) is 14.8. The lowest BCUT2D eigenvalue weighted by atomic mass is 9.88. The fourth-order valence-corrected chi connectivity index (χ4v) is 1.65. The van der Waals surface area contributed by atoms with E-state index < -0.39 is 0 Å². The summed E-state index contributed by atoms with van der Waals surface area (Å²) in [6.45, 7) is 1.68. The molecule has 13 heavy (non-hydrogen) atoms. The topological polar surface area (TPSA) is 60.1 Å². The van der Waals surface area contributed by atoms with E-state index in [1.807, 2.05) is 0 Å². The van der Waals surface area contributed by atoms with E-state index >= 15 is 0 Å². The van der Waals surface area contributed by atoms with Gasteiger partial charge in [-0.25, -0.2) is 4.99 Å². The third-order valence-electron chi connectivity index (χ3n) is 2.39. The Balaban J connectivity index is 2.41. The molecular weight excluding hydrogens is 162 g/mol. The van der Waals surface area contributed by atoms with E-state index in [0.29, 0.717) is 17.5 Å². The summed E-state index contributed by atoms with van der Waals surface area (Å²) in [5.74, 6) is 0.815. The monoisotopic (exact) mass is 179 g/mol. The molecule has 0 atom stereocenters. The van der Waals surface area contributed by atoms with Gasteiger partial charge < -0.3 is 5.41 Å². The van der Waals surface area contributed by atoms with E-state index in [2.05, 4.69) is 4.99 Å². The smallest absolute Gasteiger partial charge is 0.123 e. The number of hydrogen-bond acceptors (Lipinski definition) is 2. The lowest BCUT2D eigenvalue weighted by Gasteiger charge is -2.19. The molecule has 1 rings (SSSR count). The van der Waals surface area contributed by atoms with Gasteiger partial charge in [0.25, 0.3) is 0 Å². The molecule has 0 spiro atoms. The molecule has 2 N–H and O–H groups in total. The van der Waals surface area contributed by atoms with Gasteiger partial charge in [0, 0.05) is 17.8 Å². The van der Waals surface area contributed by atoms with Crippen LogP contribution in [0.2, 0.25) is 0 Å². The molecule has 0 aliphatic heterocycles. The zero-order chi connectivity index (χ0) is 9.68. The maximum absolute atomic E-state index is 7.68. The van der Waals surface area contributed by atoms with Crippen molar-refractivity contribution in [3.05, 3.63) is 0 Å². The van der Waals surface area contributed by atoms with E-state index in [-0.39, 0.29) is 0 Å². The molecule has 3 heteroatoms. The van der Waals surface area contributed by atoms with Crippen molar-refractivity contribution in [1.29, 1.82) is 10.8 Å². The Hall–Kier alpha value is -0.990. The minimum atomic E-state index is 0.351. The Kier molecular flexibility index (Phi) is 3.80. The highest BCUT2D eigenvalue weighted by Gasteiger charge is 2.16. The van der Waals surface area contributed by atoms with Crippen molar-refractivity contribution in [2.75, 3.05) is 0 Å². The van der Waals surface area contributed by atoms with Gasteiger partial charge in [0.2, 0.25) is 0 Å². The second-order valence-electron chi connectivity index (χ2n) is 3.66. The van der Waals surface area contributed by atoms with Gasteiger partial charge in [0.05, 0.1) is 0 Å². The summed E-state index contributed by atoms with van der Waals surface area (Å²) in [7, 11) is 0. The maximum atomic E-state index is 7.68. The van der Waals surface area contributed by atoms with Crippen LogP contribution in [0.1, 0.15) is 39.0 Å². The fourth-order valence-electron chi connectivity index (χ4n) is 1.65. The average Bonchev–Trinajstić information content (AvgIpc) is 2.15. The number of nitrogens with zero attached hydrogens (tertiary/aromatic N) is 1. The van der Waals surface area contributed by atoms with Gasteiger partial charge in [-0.05, 0) is 19.8 Å². The molecule has 0 aromatic heterocycles. The van der Waals surface area contributed by atoms with Crippen LogP contribution in [0.4, 0.5) is 0 Å². The van der Waals surface area contributed by atoms with Gasteiger partial charge >= 0.3 is 0 Å². The zero-order valence-electron chi connectivity index (χ0n) is 8.14. The van der Waals surface area contributed by atoms with Crippen LogP contribution < -0.4 is 0 Å². The minimum Gasteiger partial charge on any atom is -0.304 e. The lowest BCUT2D eigenvalue weighted by Crippen LogP contribution is -2.15. The molecular formula is C10H17N3. The quantitative estimate of drug-likeness (QED) is 0.483. The third-order valence-corrected chi connectivity index (χ3v) is 2.39. The van der Waals surface area contributed by atoms with Crippen molar-refractivity contribution in [2.45, 2.75) is 39.0 Å². The van der Waals surface area contributed by atoms with Gasteiger partial charge in [-0.1, -0.05) is 19.3 Å². The highest BCUT2D eigenvalue weighted by Crippen LogP contribution is 2.24. The second-order valence-corrected chi connectivity index (χ2v) is 3.66. The van der Waals surface area contributed by atoms with Crippen LogP contribution in [0.15, 0.2) is 4.99 Å². The number of hydrogen-bond donors (Lipinski definition) is 2. The van der Waals surface area contributed by atoms with Gasteiger partial charge in [0.15, 0.2) is 0 Å². The molecule has 72 valence electrons. The Bertz CT molecular complexity index is 224. The number of aliphatic imine (C=N–C) groups is 1. The van der Waals surface area contributed by atoms with Crippen LogP contribution in [0.25, 0.3) is 0 Å². The molecule has 0 bridgehead atoms. The predicted octanol–water partition coefficient (Wildman–Crippen LogP) is 2.65. The van der Waals surface area contributed by atoms with Gasteiger partial charge in [-0.15, -0.1) is 0 Å². The minimum absolute atomic E-state index is 0.351. The Morgan fingerprint density at radius 2 is 1.85 bits per heavy atom. The normalized spacial score (nSPS) is 19.2. The summed E-state index contributed by atoms with van der Waals surface area (Å²) in [6, 6.07) is 0. The van der Waals surface area contributed by atoms with Crippen molar-refractivity contribution in [1.82, 2.24) is 0 Å². The van der Waals surface area contributed by atoms with Crippen LogP contribution in [-0.2, 0) is 0 Å². The maximum Gasteiger partial charge on any atom is 0.123 e. The molecule has 1 fully saturated rings. The van der Waals surface area contributed by atoms with Gasteiger partial charge in [-0.2, -0.15) is 0 Å².